The molecule has 0 spiro atoms. The molecule has 0 bridgehead atoms. The van der Waals surface area contributed by atoms with Crippen molar-refractivity contribution in [1.29, 1.82) is 0 Å². The van der Waals surface area contributed by atoms with E-state index in [1.54, 1.807) is 5.17 Å². The average molecular weight is 382 g/mol. The van der Waals surface area contributed by atoms with E-state index < -0.39 is 0 Å². The molecule has 0 radical (unpaired) electrons. The number of ether oxygens (including phenoxy) is 1. The van der Waals surface area contributed by atoms with Crippen LogP contribution in [-0.4, -0.2) is 25.1 Å². The van der Waals surface area contributed by atoms with E-state index >= 15 is 0 Å². The van der Waals surface area contributed by atoms with Crippen molar-refractivity contribution >= 4 is 22.6 Å². The number of nitrogens with one attached hydrogen (secondary N) is 1. The molecule has 112 valence electrons. The summed E-state index contributed by atoms with van der Waals surface area (Å²) < 4.78 is 7.03. The topological polar surface area (TPSA) is 33.7 Å². The van der Waals surface area contributed by atoms with Crippen LogP contribution in [0.5, 0.6) is 0 Å². The molecular weight excluding hydrogens is 355 g/mol. The van der Waals surface area contributed by atoms with Gasteiger partial charge < -0.3 is 9.57 Å². The summed E-state index contributed by atoms with van der Waals surface area (Å²) in [7, 11) is 1.87. The van der Waals surface area contributed by atoms with Crippen LogP contribution in [0.4, 0.5) is 0 Å². The Labute approximate surface area is 131 Å². The molecular formula is C14H27IN2O2. The van der Waals surface area contributed by atoms with Crippen LogP contribution in [0.25, 0.3) is 0 Å². The zero-order valence-electron chi connectivity index (χ0n) is 12.7. The zero-order chi connectivity index (χ0) is 14.4. The van der Waals surface area contributed by atoms with E-state index in [1.807, 2.05) is 7.05 Å². The van der Waals surface area contributed by atoms with Gasteiger partial charge in [-0.1, -0.05) is 27.7 Å². The van der Waals surface area contributed by atoms with Gasteiger partial charge in [0.1, 0.15) is 5.76 Å². The van der Waals surface area contributed by atoms with Crippen molar-refractivity contribution in [3.8, 4) is 0 Å². The first kappa shape index (κ1) is 17.2. The van der Waals surface area contributed by atoms with E-state index in [0.29, 0.717) is 11.8 Å². The van der Waals surface area contributed by atoms with Gasteiger partial charge in [-0.2, -0.15) is 0 Å². The molecule has 19 heavy (non-hydrogen) atoms. The number of hydroxylamine groups is 1. The summed E-state index contributed by atoms with van der Waals surface area (Å²) in [6, 6.07) is 0. The standard InChI is InChI=1S/C14H27IN2O2/c1-10(2)13(15)14(11(3)4)19-17(16-5)12-8-6-7-9-18-12/h10-12,16H,6-9H2,1-5H3/b14-13+. The highest BCUT2D eigenvalue weighted by Crippen LogP contribution is 2.29. The number of nitrogens with zero attached hydrogens (tertiary/aromatic N) is 1. The maximum Gasteiger partial charge on any atom is 0.159 e. The van der Waals surface area contributed by atoms with Crippen LogP contribution < -0.4 is 5.43 Å². The van der Waals surface area contributed by atoms with Crippen LogP contribution in [0.1, 0.15) is 47.0 Å². The van der Waals surface area contributed by atoms with Crippen LogP contribution in [-0.2, 0) is 9.57 Å². The lowest BCUT2D eigenvalue weighted by atomic mass is 10.1. The molecule has 1 saturated heterocycles. The van der Waals surface area contributed by atoms with Crippen LogP contribution in [0.15, 0.2) is 9.34 Å². The SMILES string of the molecule is CNN(O/C(=C(/I)C(C)C)C(C)C)C1CCCCO1. The fraction of sp³-hybridized carbons (Fsp3) is 0.857. The minimum atomic E-state index is 0.00358. The summed E-state index contributed by atoms with van der Waals surface area (Å²) in [5, 5.41) is 1.76. The molecule has 0 aliphatic carbocycles. The first-order valence-corrected chi connectivity index (χ1v) is 8.21. The highest BCUT2D eigenvalue weighted by molar-refractivity contribution is 14.1. The number of allylic oxidation sites excluding steroid dienone is 2. The summed E-state index contributed by atoms with van der Waals surface area (Å²) in [5.74, 6) is 1.86. The molecule has 0 aromatic carbocycles. The summed E-state index contributed by atoms with van der Waals surface area (Å²) >= 11 is 2.39. The molecule has 0 saturated carbocycles. The minimum Gasteiger partial charge on any atom is -0.392 e. The predicted molar refractivity (Wildman–Crippen MR) is 86.3 cm³/mol. The fourth-order valence-electron chi connectivity index (χ4n) is 1.97. The highest BCUT2D eigenvalue weighted by atomic mass is 127. The summed E-state index contributed by atoms with van der Waals surface area (Å²) in [5.41, 5.74) is 3.10. The second kappa shape index (κ2) is 8.44. The van der Waals surface area contributed by atoms with Crippen molar-refractivity contribution in [2.45, 2.75) is 53.2 Å². The Balaban J connectivity index is 2.78. The predicted octanol–water partition coefficient (Wildman–Crippen LogP) is 3.84. The Morgan fingerprint density at radius 1 is 1.26 bits per heavy atom. The molecule has 1 aliphatic heterocycles. The molecule has 1 atom stereocenters. The zero-order valence-corrected chi connectivity index (χ0v) is 14.9. The number of hydrogen-bond donors (Lipinski definition) is 1. The molecule has 4 nitrogen and oxygen atoms in total. The lowest BCUT2D eigenvalue weighted by Gasteiger charge is -2.34. The maximum absolute atomic E-state index is 6.09. The third-order valence-electron chi connectivity index (χ3n) is 3.10. The quantitative estimate of drug-likeness (QED) is 0.430. The van der Waals surface area contributed by atoms with Crippen LogP contribution in [0.3, 0.4) is 0 Å². The van der Waals surface area contributed by atoms with Gasteiger partial charge in [-0.3, -0.25) is 0 Å². The first-order valence-electron chi connectivity index (χ1n) is 7.13. The first-order chi connectivity index (χ1) is 8.97. The van der Waals surface area contributed by atoms with E-state index in [4.69, 9.17) is 9.57 Å². The van der Waals surface area contributed by atoms with Crippen LogP contribution in [0, 0.1) is 11.8 Å². The molecule has 1 rings (SSSR count). The van der Waals surface area contributed by atoms with Crippen molar-refractivity contribution < 1.29 is 9.57 Å². The molecule has 1 N–H and O–H groups in total. The fourth-order valence-corrected chi connectivity index (χ4v) is 2.69. The molecule has 0 aromatic rings. The van der Waals surface area contributed by atoms with Gasteiger partial charge in [0.15, 0.2) is 6.23 Å². The Morgan fingerprint density at radius 3 is 2.37 bits per heavy atom. The largest absolute Gasteiger partial charge is 0.392 e. The number of hydrogen-bond acceptors (Lipinski definition) is 4. The second-order valence-electron chi connectivity index (χ2n) is 5.48. The van der Waals surface area contributed by atoms with Crippen molar-refractivity contribution in [2.75, 3.05) is 13.7 Å². The Kier molecular flexibility index (Phi) is 7.64. The Hall–Kier alpha value is 0.150. The van der Waals surface area contributed by atoms with Crippen LogP contribution >= 0.6 is 22.6 Å². The van der Waals surface area contributed by atoms with Gasteiger partial charge in [0.05, 0.1) is 0 Å². The Morgan fingerprint density at radius 2 is 1.95 bits per heavy atom. The monoisotopic (exact) mass is 382 g/mol. The Bertz CT molecular complexity index is 300. The summed E-state index contributed by atoms with van der Waals surface area (Å²) in [4.78, 5) is 6.09. The maximum atomic E-state index is 6.09. The second-order valence-corrected chi connectivity index (χ2v) is 6.65. The van der Waals surface area contributed by atoms with Gasteiger partial charge in [-0.05, 0) is 52.9 Å². The van der Waals surface area contributed by atoms with Crippen LogP contribution in [0.2, 0.25) is 0 Å². The third kappa shape index (κ3) is 5.21. The van der Waals surface area contributed by atoms with Gasteiger partial charge in [-0.25, -0.2) is 5.43 Å². The molecule has 1 unspecified atom stereocenters. The van der Waals surface area contributed by atoms with E-state index in [1.165, 1.54) is 10.0 Å². The van der Waals surface area contributed by atoms with E-state index in [-0.39, 0.29) is 6.23 Å². The molecule has 1 aliphatic rings. The number of hydrazine groups is 1. The van der Waals surface area contributed by atoms with E-state index in [2.05, 4.69) is 55.7 Å². The van der Waals surface area contributed by atoms with E-state index in [9.17, 15) is 0 Å². The highest BCUT2D eigenvalue weighted by Gasteiger charge is 2.25. The minimum absolute atomic E-state index is 0.00358. The van der Waals surface area contributed by atoms with E-state index in [0.717, 1.165) is 25.2 Å². The molecule has 0 aromatic heterocycles. The molecule has 5 heteroatoms. The van der Waals surface area contributed by atoms with Crippen molar-refractivity contribution in [3.05, 3.63) is 9.34 Å². The lowest BCUT2D eigenvalue weighted by molar-refractivity contribution is -0.269. The molecule has 1 heterocycles. The lowest BCUT2D eigenvalue weighted by Crippen LogP contribution is -2.46. The molecule has 0 amide bonds. The van der Waals surface area contributed by atoms with Gasteiger partial charge in [-0.15, -0.1) is 0 Å². The average Bonchev–Trinajstić information content (AvgIpc) is 2.39. The van der Waals surface area contributed by atoms with Gasteiger partial charge in [0.2, 0.25) is 0 Å². The third-order valence-corrected chi connectivity index (χ3v) is 4.88. The summed E-state index contributed by atoms with van der Waals surface area (Å²) in [6.45, 7) is 9.51. The van der Waals surface area contributed by atoms with Gasteiger partial charge >= 0.3 is 0 Å². The smallest absolute Gasteiger partial charge is 0.159 e. The molecule has 1 fully saturated rings. The van der Waals surface area contributed by atoms with Gasteiger partial charge in [0.25, 0.3) is 0 Å². The van der Waals surface area contributed by atoms with Crippen molar-refractivity contribution in [1.82, 2.24) is 10.6 Å². The summed E-state index contributed by atoms with van der Waals surface area (Å²) in [6.07, 6.45) is 3.34. The number of rotatable bonds is 6. The van der Waals surface area contributed by atoms with Crippen molar-refractivity contribution in [3.63, 3.8) is 0 Å². The van der Waals surface area contributed by atoms with Gasteiger partial charge in [0, 0.05) is 23.2 Å². The van der Waals surface area contributed by atoms with Crippen molar-refractivity contribution in [2.24, 2.45) is 11.8 Å². The number of halogens is 1. The normalized spacial score (nSPS) is 22.1.